The van der Waals surface area contributed by atoms with Gasteiger partial charge in [-0.15, -0.1) is 0 Å². The minimum absolute atomic E-state index is 0.144. The van der Waals surface area contributed by atoms with Crippen LogP contribution in [0.2, 0.25) is 0 Å². The highest BCUT2D eigenvalue weighted by molar-refractivity contribution is 5.86. The van der Waals surface area contributed by atoms with Crippen molar-refractivity contribution in [3.63, 3.8) is 0 Å². The first kappa shape index (κ1) is 18.0. The molecule has 0 saturated heterocycles. The number of hydrogen-bond donors (Lipinski definition) is 2. The number of aromatic nitrogens is 1. The second kappa shape index (κ2) is 6.81. The lowest BCUT2D eigenvalue weighted by Gasteiger charge is -2.23. The van der Waals surface area contributed by atoms with E-state index in [1.165, 1.54) is 6.92 Å². The van der Waals surface area contributed by atoms with E-state index in [0.717, 1.165) is 0 Å². The molecule has 1 heterocycles. The van der Waals surface area contributed by atoms with E-state index in [1.54, 1.807) is 20.8 Å². The molecule has 1 amide bonds. The third-order valence-corrected chi connectivity index (χ3v) is 2.71. The zero-order valence-electron chi connectivity index (χ0n) is 13.9. The molecule has 7 nitrogen and oxygen atoms in total. The number of hydrogen-bond acceptors (Lipinski definition) is 5. The maximum atomic E-state index is 11.9. The Hall–Kier alpha value is -2.05. The van der Waals surface area contributed by atoms with Crippen LogP contribution in [0, 0.1) is 12.8 Å². The number of carbonyl (C=O) groups is 2. The predicted octanol–water partition coefficient (Wildman–Crippen LogP) is 3.29. The summed E-state index contributed by atoms with van der Waals surface area (Å²) in [4.78, 5) is 27.0. The maximum Gasteiger partial charge on any atom is 0.408 e. The van der Waals surface area contributed by atoms with Crippen molar-refractivity contribution in [1.82, 2.24) is 10.3 Å². The van der Waals surface area contributed by atoms with Crippen LogP contribution in [0.1, 0.15) is 69.2 Å². The average Bonchev–Trinajstić information content (AvgIpc) is 2.67. The number of ether oxygens (including phenoxy) is 1. The molecule has 0 aliphatic carbocycles. The molecule has 0 saturated carbocycles. The zero-order chi connectivity index (χ0) is 17.1. The molecule has 0 radical (unpaired) electrons. The lowest BCUT2D eigenvalue weighted by molar-refractivity contribution is 0.0488. The molecule has 0 spiro atoms. The van der Waals surface area contributed by atoms with E-state index in [9.17, 15) is 9.59 Å². The van der Waals surface area contributed by atoms with Crippen molar-refractivity contribution < 1.29 is 23.8 Å². The normalized spacial score (nSPS) is 13.0. The third kappa shape index (κ3) is 5.38. The van der Waals surface area contributed by atoms with Crippen LogP contribution in [0.25, 0.3) is 0 Å². The number of aromatic carboxylic acids is 1. The van der Waals surface area contributed by atoms with Crippen molar-refractivity contribution in [3.8, 4) is 0 Å². The van der Waals surface area contributed by atoms with Gasteiger partial charge in [-0.25, -0.2) is 14.6 Å². The molecule has 124 valence electrons. The maximum absolute atomic E-state index is 11.9. The summed E-state index contributed by atoms with van der Waals surface area (Å²) in [5, 5.41) is 11.7. The van der Waals surface area contributed by atoms with Gasteiger partial charge in [-0.2, -0.15) is 0 Å². The first-order valence-electron chi connectivity index (χ1n) is 7.19. The van der Waals surface area contributed by atoms with Gasteiger partial charge < -0.3 is 19.6 Å². The number of carbonyl (C=O) groups excluding carboxylic acids is 1. The fourth-order valence-corrected chi connectivity index (χ4v) is 1.91. The van der Waals surface area contributed by atoms with Gasteiger partial charge in [-0.05, 0) is 40.0 Å². The molecule has 22 heavy (non-hydrogen) atoms. The molecule has 0 fully saturated rings. The van der Waals surface area contributed by atoms with E-state index < -0.39 is 23.7 Å². The van der Waals surface area contributed by atoms with Crippen molar-refractivity contribution in [2.75, 3.05) is 0 Å². The molecule has 1 aromatic rings. The minimum atomic E-state index is -1.16. The number of amides is 1. The average molecular weight is 312 g/mol. The van der Waals surface area contributed by atoms with Gasteiger partial charge in [0.15, 0.2) is 5.69 Å². The highest BCUT2D eigenvalue weighted by atomic mass is 16.6. The Morgan fingerprint density at radius 3 is 2.36 bits per heavy atom. The van der Waals surface area contributed by atoms with Gasteiger partial charge in [0.05, 0.1) is 0 Å². The summed E-state index contributed by atoms with van der Waals surface area (Å²) in [7, 11) is 0. The summed E-state index contributed by atoms with van der Waals surface area (Å²) in [6, 6.07) is -0.540. The number of aryl methyl sites for hydroxylation is 1. The number of alkyl carbamates (subject to hydrolysis) is 1. The molecule has 7 heteroatoms. The molecular weight excluding hydrogens is 288 g/mol. The number of nitrogens with one attached hydrogen (secondary N) is 1. The van der Waals surface area contributed by atoms with Gasteiger partial charge in [-0.3, -0.25) is 0 Å². The van der Waals surface area contributed by atoms with Crippen LogP contribution < -0.4 is 5.32 Å². The van der Waals surface area contributed by atoms with E-state index in [1.807, 2.05) is 13.8 Å². The molecule has 1 rings (SSSR count). The van der Waals surface area contributed by atoms with Gasteiger partial charge in [0.2, 0.25) is 5.89 Å². The standard InChI is InChI=1S/C15H24N2O5/c1-8(2)7-10(16-14(20)22-15(4,5)6)12-17-11(13(18)19)9(3)21-12/h8,10H,7H2,1-6H3,(H,16,20)(H,18,19). The number of carboxylic acid groups (broad SMARTS) is 1. The van der Waals surface area contributed by atoms with Gasteiger partial charge in [0.1, 0.15) is 17.4 Å². The number of rotatable bonds is 5. The zero-order valence-corrected chi connectivity index (χ0v) is 13.9. The van der Waals surface area contributed by atoms with Crippen molar-refractivity contribution in [2.24, 2.45) is 5.92 Å². The van der Waals surface area contributed by atoms with Gasteiger partial charge in [-0.1, -0.05) is 13.8 Å². The van der Waals surface area contributed by atoms with Crippen LogP contribution in [0.15, 0.2) is 4.42 Å². The van der Waals surface area contributed by atoms with Crippen LogP contribution in [0.4, 0.5) is 4.79 Å². The van der Waals surface area contributed by atoms with E-state index >= 15 is 0 Å². The van der Waals surface area contributed by atoms with Gasteiger partial charge >= 0.3 is 12.1 Å². The highest BCUT2D eigenvalue weighted by Crippen LogP contribution is 2.23. The lowest BCUT2D eigenvalue weighted by atomic mass is 10.0. The summed E-state index contributed by atoms with van der Waals surface area (Å²) >= 11 is 0. The van der Waals surface area contributed by atoms with Crippen molar-refractivity contribution in [1.29, 1.82) is 0 Å². The van der Waals surface area contributed by atoms with Crippen LogP contribution in [-0.2, 0) is 4.74 Å². The molecule has 0 aliphatic rings. The van der Waals surface area contributed by atoms with Crippen LogP contribution in [-0.4, -0.2) is 27.8 Å². The third-order valence-electron chi connectivity index (χ3n) is 2.71. The number of oxazole rings is 1. The Bertz CT molecular complexity index is 543. The summed E-state index contributed by atoms with van der Waals surface area (Å²) in [5.41, 5.74) is -0.764. The molecule has 0 aliphatic heterocycles. The highest BCUT2D eigenvalue weighted by Gasteiger charge is 2.27. The quantitative estimate of drug-likeness (QED) is 0.865. The van der Waals surface area contributed by atoms with Gasteiger partial charge in [0, 0.05) is 0 Å². The summed E-state index contributed by atoms with van der Waals surface area (Å²) in [6.45, 7) is 10.8. The SMILES string of the molecule is Cc1oc(C(CC(C)C)NC(=O)OC(C)(C)C)nc1C(=O)O. The fraction of sp³-hybridized carbons (Fsp3) is 0.667. The lowest BCUT2D eigenvalue weighted by Crippen LogP contribution is -2.35. The smallest absolute Gasteiger partial charge is 0.408 e. The van der Waals surface area contributed by atoms with Crippen molar-refractivity contribution >= 4 is 12.1 Å². The van der Waals surface area contributed by atoms with E-state index in [4.69, 9.17) is 14.3 Å². The van der Waals surface area contributed by atoms with Crippen molar-refractivity contribution in [3.05, 3.63) is 17.3 Å². The Balaban J connectivity index is 2.96. The Kier molecular flexibility index (Phi) is 5.57. The van der Waals surface area contributed by atoms with E-state index in [0.29, 0.717) is 6.42 Å². The first-order valence-corrected chi connectivity index (χ1v) is 7.19. The fourth-order valence-electron chi connectivity index (χ4n) is 1.91. The van der Waals surface area contributed by atoms with Crippen LogP contribution in [0.5, 0.6) is 0 Å². The minimum Gasteiger partial charge on any atom is -0.476 e. The topological polar surface area (TPSA) is 102 Å². The molecule has 0 bridgehead atoms. The monoisotopic (exact) mass is 312 g/mol. The van der Waals surface area contributed by atoms with Gasteiger partial charge in [0.25, 0.3) is 0 Å². The number of nitrogens with zero attached hydrogens (tertiary/aromatic N) is 1. The van der Waals surface area contributed by atoms with E-state index in [2.05, 4.69) is 10.3 Å². The molecule has 1 atom stereocenters. The summed E-state index contributed by atoms with van der Waals surface area (Å²) < 4.78 is 10.6. The van der Waals surface area contributed by atoms with Crippen LogP contribution >= 0.6 is 0 Å². The molecule has 0 aromatic carbocycles. The largest absolute Gasteiger partial charge is 0.476 e. The Morgan fingerprint density at radius 1 is 1.36 bits per heavy atom. The Morgan fingerprint density at radius 2 is 1.95 bits per heavy atom. The molecule has 1 unspecified atom stereocenters. The molecule has 1 aromatic heterocycles. The molecule has 2 N–H and O–H groups in total. The first-order chi connectivity index (χ1) is 9.99. The van der Waals surface area contributed by atoms with Crippen molar-refractivity contribution in [2.45, 2.75) is 59.6 Å². The summed E-state index contributed by atoms with van der Waals surface area (Å²) in [6.07, 6.45) is -0.0380. The summed E-state index contributed by atoms with van der Waals surface area (Å²) in [5.74, 6) is -0.523. The second-order valence-electron chi connectivity index (χ2n) is 6.59. The predicted molar refractivity (Wildman–Crippen MR) is 79.8 cm³/mol. The number of carboxylic acids is 1. The van der Waals surface area contributed by atoms with E-state index in [-0.39, 0.29) is 23.3 Å². The Labute approximate surface area is 130 Å². The van der Waals surface area contributed by atoms with Crippen LogP contribution in [0.3, 0.4) is 0 Å². The molecular formula is C15H24N2O5. The second-order valence-corrected chi connectivity index (χ2v) is 6.59.